The molecule has 180 valence electrons. The van der Waals surface area contributed by atoms with Crippen molar-refractivity contribution in [2.75, 3.05) is 66.6 Å². The summed E-state index contributed by atoms with van der Waals surface area (Å²) < 4.78 is 11.0. The van der Waals surface area contributed by atoms with Gasteiger partial charge in [-0.1, -0.05) is 12.1 Å². The number of benzene rings is 1. The van der Waals surface area contributed by atoms with Crippen LogP contribution in [0.3, 0.4) is 0 Å². The van der Waals surface area contributed by atoms with Gasteiger partial charge in [-0.25, -0.2) is 9.59 Å². The summed E-state index contributed by atoms with van der Waals surface area (Å²) in [4.78, 5) is 25.7. The summed E-state index contributed by atoms with van der Waals surface area (Å²) in [5.41, 5.74) is 1.20. The Morgan fingerprint density at radius 1 is 0.938 bits per heavy atom. The van der Waals surface area contributed by atoms with Crippen molar-refractivity contribution in [1.29, 1.82) is 0 Å². The normalized spacial score (nSPS) is 18.5. The van der Waals surface area contributed by atoms with Crippen molar-refractivity contribution in [1.82, 2.24) is 14.7 Å². The number of aliphatic carboxylic acids is 2. The number of hydrogen-bond donors (Lipinski definition) is 3. The Morgan fingerprint density at radius 3 is 2.06 bits per heavy atom. The Kier molecular flexibility index (Phi) is 10.7. The van der Waals surface area contributed by atoms with Gasteiger partial charge in [0.15, 0.2) is 11.5 Å². The molecule has 2 aliphatic rings. The van der Waals surface area contributed by atoms with Crippen LogP contribution >= 0.6 is 0 Å². The van der Waals surface area contributed by atoms with E-state index in [-0.39, 0.29) is 6.61 Å². The second kappa shape index (κ2) is 13.2. The van der Waals surface area contributed by atoms with Gasteiger partial charge in [-0.05, 0) is 32.0 Å². The number of para-hydroxylation sites is 1. The Balaban J connectivity index is 0.000000534. The third kappa shape index (κ3) is 7.63. The number of carboxylic acid groups (broad SMARTS) is 2. The predicted molar refractivity (Wildman–Crippen MR) is 118 cm³/mol. The molecule has 2 saturated heterocycles. The van der Waals surface area contributed by atoms with Crippen molar-refractivity contribution in [3.8, 4) is 11.5 Å². The van der Waals surface area contributed by atoms with Crippen molar-refractivity contribution < 1.29 is 34.4 Å². The van der Waals surface area contributed by atoms with Crippen LogP contribution in [0.25, 0.3) is 0 Å². The van der Waals surface area contributed by atoms with Crippen LogP contribution < -0.4 is 9.47 Å². The molecule has 0 saturated carbocycles. The SMILES string of the molecule is COc1cccc(CN2CCC(N3CCN(CCO)CC3)CC2)c1OC.O=C(O)C(=O)O. The number of carbonyl (C=O) groups is 2. The average molecular weight is 454 g/mol. The zero-order valence-electron chi connectivity index (χ0n) is 18.9. The van der Waals surface area contributed by atoms with Crippen LogP contribution in [0.4, 0.5) is 0 Å². The Labute approximate surface area is 188 Å². The summed E-state index contributed by atoms with van der Waals surface area (Å²) in [6.07, 6.45) is 2.46. The monoisotopic (exact) mass is 453 g/mol. The molecule has 2 aliphatic heterocycles. The van der Waals surface area contributed by atoms with E-state index in [1.807, 2.05) is 12.1 Å². The molecule has 1 aromatic carbocycles. The molecule has 10 heteroatoms. The molecule has 0 bridgehead atoms. The van der Waals surface area contributed by atoms with Crippen LogP contribution in [-0.2, 0) is 16.1 Å². The molecule has 0 aromatic heterocycles. The van der Waals surface area contributed by atoms with Crippen LogP contribution in [0.5, 0.6) is 11.5 Å². The number of piperazine rings is 1. The number of aliphatic hydroxyl groups excluding tert-OH is 1. The highest BCUT2D eigenvalue weighted by molar-refractivity contribution is 6.27. The molecule has 0 atom stereocenters. The predicted octanol–water partition coefficient (Wildman–Crippen LogP) is 0.434. The van der Waals surface area contributed by atoms with Crippen LogP contribution in [0.2, 0.25) is 0 Å². The molecule has 3 rings (SSSR count). The molecule has 3 N–H and O–H groups in total. The molecule has 0 unspecified atom stereocenters. The van der Waals surface area contributed by atoms with Gasteiger partial charge in [0, 0.05) is 50.9 Å². The third-order valence-electron chi connectivity index (χ3n) is 5.96. The van der Waals surface area contributed by atoms with Crippen molar-refractivity contribution in [2.24, 2.45) is 0 Å². The summed E-state index contributed by atoms with van der Waals surface area (Å²) in [5, 5.41) is 23.9. The van der Waals surface area contributed by atoms with Gasteiger partial charge in [0.1, 0.15) is 0 Å². The first-order chi connectivity index (χ1) is 15.4. The molecule has 0 amide bonds. The second-order valence-electron chi connectivity index (χ2n) is 7.87. The number of aliphatic hydroxyl groups is 1. The van der Waals surface area contributed by atoms with E-state index in [1.54, 1.807) is 14.2 Å². The molecule has 1 aromatic rings. The minimum absolute atomic E-state index is 0.270. The van der Waals surface area contributed by atoms with Crippen LogP contribution in [0, 0.1) is 0 Å². The lowest BCUT2D eigenvalue weighted by Gasteiger charge is -2.42. The number of β-amino-alcohol motifs (C(OH)–C–C–N with tert-alkyl or cyclic N) is 1. The number of hydrogen-bond acceptors (Lipinski definition) is 8. The van der Waals surface area contributed by atoms with Gasteiger partial charge in [-0.2, -0.15) is 0 Å². The first-order valence-electron chi connectivity index (χ1n) is 10.8. The fraction of sp³-hybridized carbons (Fsp3) is 0.636. The Hall–Kier alpha value is -2.40. The van der Waals surface area contributed by atoms with Crippen molar-refractivity contribution in [3.63, 3.8) is 0 Å². The van der Waals surface area contributed by atoms with Crippen LogP contribution in [0.15, 0.2) is 18.2 Å². The second-order valence-corrected chi connectivity index (χ2v) is 7.87. The molecule has 2 heterocycles. The number of piperidine rings is 1. The molecule has 2 fully saturated rings. The summed E-state index contributed by atoms with van der Waals surface area (Å²) in [6, 6.07) is 6.82. The van der Waals surface area contributed by atoms with Gasteiger partial charge < -0.3 is 24.8 Å². The maximum atomic E-state index is 9.10. The number of methoxy groups -OCH3 is 2. The number of likely N-dealkylation sites (tertiary alicyclic amines) is 1. The highest BCUT2D eigenvalue weighted by Gasteiger charge is 2.27. The first-order valence-corrected chi connectivity index (χ1v) is 10.8. The average Bonchev–Trinajstić information content (AvgIpc) is 2.80. The summed E-state index contributed by atoms with van der Waals surface area (Å²) in [7, 11) is 3.40. The first kappa shape index (κ1) is 25.9. The maximum absolute atomic E-state index is 9.10. The largest absolute Gasteiger partial charge is 0.493 e. The van der Waals surface area contributed by atoms with Gasteiger partial charge in [0.25, 0.3) is 0 Å². The summed E-state index contributed by atoms with van der Waals surface area (Å²) in [5.74, 6) is -1.98. The van der Waals surface area contributed by atoms with E-state index < -0.39 is 11.9 Å². The smallest absolute Gasteiger partial charge is 0.414 e. The molecular weight excluding hydrogens is 418 g/mol. The summed E-state index contributed by atoms with van der Waals surface area (Å²) >= 11 is 0. The van der Waals surface area contributed by atoms with Crippen molar-refractivity contribution >= 4 is 11.9 Å². The lowest BCUT2D eigenvalue weighted by Crippen LogP contribution is -2.53. The van der Waals surface area contributed by atoms with E-state index in [9.17, 15) is 0 Å². The number of carboxylic acids is 2. The number of rotatable bonds is 7. The molecule has 0 aliphatic carbocycles. The Morgan fingerprint density at radius 2 is 1.56 bits per heavy atom. The zero-order chi connectivity index (χ0) is 23.5. The van der Waals surface area contributed by atoms with E-state index in [0.29, 0.717) is 6.04 Å². The lowest BCUT2D eigenvalue weighted by molar-refractivity contribution is -0.159. The topological polar surface area (TPSA) is 123 Å². The van der Waals surface area contributed by atoms with Gasteiger partial charge in [0.2, 0.25) is 0 Å². The molecule has 0 radical (unpaired) electrons. The lowest BCUT2D eigenvalue weighted by atomic mass is 10.0. The van der Waals surface area contributed by atoms with Crippen LogP contribution in [0.1, 0.15) is 18.4 Å². The standard InChI is InChI=1S/C20H33N3O3.C2H2O4/c1-25-19-5-3-4-17(20(19)26-2)16-22-8-6-18(7-9-22)23-12-10-21(11-13-23)14-15-24;3-1(4)2(5)6/h3-5,18,24H,6-16H2,1-2H3;(H,3,4)(H,5,6). The van der Waals surface area contributed by atoms with E-state index >= 15 is 0 Å². The number of ether oxygens (including phenoxy) is 2. The third-order valence-corrected chi connectivity index (χ3v) is 5.96. The van der Waals surface area contributed by atoms with Gasteiger partial charge >= 0.3 is 11.9 Å². The van der Waals surface area contributed by atoms with E-state index in [1.165, 1.54) is 18.4 Å². The quantitative estimate of drug-likeness (QED) is 0.501. The molecule has 32 heavy (non-hydrogen) atoms. The highest BCUT2D eigenvalue weighted by Crippen LogP contribution is 2.32. The van der Waals surface area contributed by atoms with Gasteiger partial charge in [-0.15, -0.1) is 0 Å². The zero-order valence-corrected chi connectivity index (χ0v) is 18.9. The fourth-order valence-electron chi connectivity index (χ4n) is 4.26. The van der Waals surface area contributed by atoms with E-state index in [2.05, 4.69) is 20.8 Å². The summed E-state index contributed by atoms with van der Waals surface area (Å²) in [6.45, 7) is 8.69. The van der Waals surface area contributed by atoms with Gasteiger partial charge in [0.05, 0.1) is 20.8 Å². The maximum Gasteiger partial charge on any atom is 0.414 e. The van der Waals surface area contributed by atoms with Crippen molar-refractivity contribution in [2.45, 2.75) is 25.4 Å². The van der Waals surface area contributed by atoms with E-state index in [4.69, 9.17) is 34.4 Å². The molecule has 10 nitrogen and oxygen atoms in total. The molecular formula is C22H35N3O7. The minimum Gasteiger partial charge on any atom is -0.493 e. The van der Waals surface area contributed by atoms with Crippen molar-refractivity contribution in [3.05, 3.63) is 23.8 Å². The van der Waals surface area contributed by atoms with E-state index in [0.717, 1.165) is 63.9 Å². The molecule has 0 spiro atoms. The Bertz CT molecular complexity index is 718. The van der Waals surface area contributed by atoms with Gasteiger partial charge in [-0.3, -0.25) is 14.7 Å². The fourth-order valence-corrected chi connectivity index (χ4v) is 4.26. The minimum atomic E-state index is -1.82. The highest BCUT2D eigenvalue weighted by atomic mass is 16.5. The van der Waals surface area contributed by atoms with Crippen LogP contribution in [-0.4, -0.2) is 115 Å². The number of nitrogens with zero attached hydrogens (tertiary/aromatic N) is 3.